The van der Waals surface area contributed by atoms with Crippen molar-refractivity contribution in [3.63, 3.8) is 0 Å². The van der Waals surface area contributed by atoms with E-state index in [1.54, 1.807) is 12.1 Å². The highest BCUT2D eigenvalue weighted by molar-refractivity contribution is 9.10. The van der Waals surface area contributed by atoms with Crippen molar-refractivity contribution in [2.24, 2.45) is 0 Å². The van der Waals surface area contributed by atoms with E-state index < -0.39 is 0 Å². The minimum absolute atomic E-state index is 0.159. The molecule has 1 fully saturated rings. The first-order valence-electron chi connectivity index (χ1n) is 6.27. The molecule has 98 valence electrons. The molecule has 2 rings (SSSR count). The van der Waals surface area contributed by atoms with E-state index in [2.05, 4.69) is 26.6 Å². The highest BCUT2D eigenvalue weighted by atomic mass is 79.9. The molecule has 0 aromatic heterocycles. The minimum Gasteiger partial charge on any atom is -0.399 e. The molecule has 0 radical (unpaired) electrons. The molecule has 0 bridgehead atoms. The van der Waals surface area contributed by atoms with Crippen molar-refractivity contribution in [2.75, 3.05) is 11.1 Å². The number of rotatable bonds is 2. The predicted octanol–water partition coefficient (Wildman–Crippen LogP) is 3.49. The molecule has 1 aromatic carbocycles. The van der Waals surface area contributed by atoms with Crippen LogP contribution >= 0.6 is 15.9 Å². The SMILES string of the molecule is Nc1ccc(Br)c(NC(=O)NC2CCCCC2)c1. The number of nitrogen functional groups attached to an aromatic ring is 1. The maximum atomic E-state index is 11.9. The van der Waals surface area contributed by atoms with E-state index in [1.165, 1.54) is 19.3 Å². The van der Waals surface area contributed by atoms with Crippen LogP contribution in [0.3, 0.4) is 0 Å². The van der Waals surface area contributed by atoms with Crippen molar-refractivity contribution in [1.82, 2.24) is 5.32 Å². The van der Waals surface area contributed by atoms with E-state index in [0.717, 1.165) is 17.3 Å². The quantitative estimate of drug-likeness (QED) is 0.732. The van der Waals surface area contributed by atoms with Crippen LogP contribution in [0.1, 0.15) is 32.1 Å². The smallest absolute Gasteiger partial charge is 0.319 e. The summed E-state index contributed by atoms with van der Waals surface area (Å²) in [7, 11) is 0. The first-order valence-corrected chi connectivity index (χ1v) is 7.07. The number of urea groups is 1. The third-order valence-corrected chi connectivity index (χ3v) is 3.87. The maximum Gasteiger partial charge on any atom is 0.319 e. The average Bonchev–Trinajstić information content (AvgIpc) is 2.35. The second-order valence-corrected chi connectivity index (χ2v) is 5.53. The van der Waals surface area contributed by atoms with Gasteiger partial charge in [0.15, 0.2) is 0 Å². The van der Waals surface area contributed by atoms with Crippen LogP contribution in [0.25, 0.3) is 0 Å². The molecule has 0 saturated heterocycles. The summed E-state index contributed by atoms with van der Waals surface area (Å²) < 4.78 is 0.829. The molecule has 18 heavy (non-hydrogen) atoms. The van der Waals surface area contributed by atoms with Crippen LogP contribution in [-0.4, -0.2) is 12.1 Å². The number of carbonyl (C=O) groups excluding carboxylic acids is 1. The molecule has 1 aliphatic carbocycles. The first kappa shape index (κ1) is 13.2. The molecule has 4 N–H and O–H groups in total. The van der Waals surface area contributed by atoms with Gasteiger partial charge in [-0.1, -0.05) is 19.3 Å². The number of carbonyl (C=O) groups is 1. The van der Waals surface area contributed by atoms with Crippen LogP contribution in [0.2, 0.25) is 0 Å². The Balaban J connectivity index is 1.92. The van der Waals surface area contributed by atoms with E-state index in [4.69, 9.17) is 5.73 Å². The average molecular weight is 312 g/mol. The Morgan fingerprint density at radius 1 is 1.28 bits per heavy atom. The molecule has 1 aliphatic rings. The summed E-state index contributed by atoms with van der Waals surface area (Å²) in [5.41, 5.74) is 7.02. The molecular formula is C13H18BrN3O. The lowest BCUT2D eigenvalue weighted by Gasteiger charge is -2.23. The number of hydrogen-bond donors (Lipinski definition) is 3. The summed E-state index contributed by atoms with van der Waals surface area (Å²) in [5.74, 6) is 0. The molecular weight excluding hydrogens is 294 g/mol. The van der Waals surface area contributed by atoms with Crippen molar-refractivity contribution in [3.8, 4) is 0 Å². The summed E-state index contributed by atoms with van der Waals surface area (Å²) in [6, 6.07) is 5.50. The fourth-order valence-corrected chi connectivity index (χ4v) is 2.58. The lowest BCUT2D eigenvalue weighted by Crippen LogP contribution is -2.39. The molecule has 5 heteroatoms. The summed E-state index contributed by atoms with van der Waals surface area (Å²) in [6.07, 6.45) is 5.83. The molecule has 1 saturated carbocycles. The van der Waals surface area contributed by atoms with Gasteiger partial charge < -0.3 is 16.4 Å². The van der Waals surface area contributed by atoms with Crippen molar-refractivity contribution in [2.45, 2.75) is 38.1 Å². The molecule has 0 unspecified atom stereocenters. The van der Waals surface area contributed by atoms with Crippen molar-refractivity contribution >= 4 is 33.3 Å². The topological polar surface area (TPSA) is 67.1 Å². The zero-order valence-electron chi connectivity index (χ0n) is 10.2. The van der Waals surface area contributed by atoms with Gasteiger partial charge in [0, 0.05) is 16.2 Å². The van der Waals surface area contributed by atoms with Gasteiger partial charge in [0.25, 0.3) is 0 Å². The van der Waals surface area contributed by atoms with Crippen molar-refractivity contribution in [3.05, 3.63) is 22.7 Å². The van der Waals surface area contributed by atoms with E-state index in [9.17, 15) is 4.79 Å². The van der Waals surface area contributed by atoms with Crippen LogP contribution in [0.4, 0.5) is 16.2 Å². The highest BCUT2D eigenvalue weighted by Gasteiger charge is 2.16. The largest absolute Gasteiger partial charge is 0.399 e. The number of nitrogens with one attached hydrogen (secondary N) is 2. The Morgan fingerprint density at radius 3 is 2.72 bits per heavy atom. The van der Waals surface area contributed by atoms with Crippen molar-refractivity contribution in [1.29, 1.82) is 0 Å². The van der Waals surface area contributed by atoms with Crippen molar-refractivity contribution < 1.29 is 4.79 Å². The Labute approximate surface area is 115 Å². The van der Waals surface area contributed by atoms with Gasteiger partial charge in [-0.05, 0) is 47.0 Å². The van der Waals surface area contributed by atoms with Gasteiger partial charge in [0.1, 0.15) is 0 Å². The van der Waals surface area contributed by atoms with Gasteiger partial charge in [-0.3, -0.25) is 0 Å². The molecule has 0 aliphatic heterocycles. The van der Waals surface area contributed by atoms with Crippen LogP contribution in [0.5, 0.6) is 0 Å². The van der Waals surface area contributed by atoms with Gasteiger partial charge in [-0.15, -0.1) is 0 Å². The van der Waals surface area contributed by atoms with Crippen LogP contribution in [0, 0.1) is 0 Å². The number of nitrogens with two attached hydrogens (primary N) is 1. The normalized spacial score (nSPS) is 16.3. The summed E-state index contributed by atoms with van der Waals surface area (Å²) >= 11 is 3.39. The zero-order valence-corrected chi connectivity index (χ0v) is 11.8. The highest BCUT2D eigenvalue weighted by Crippen LogP contribution is 2.24. The lowest BCUT2D eigenvalue weighted by atomic mass is 9.96. The minimum atomic E-state index is -0.159. The molecule has 2 amide bonds. The Morgan fingerprint density at radius 2 is 2.00 bits per heavy atom. The summed E-state index contributed by atoms with van der Waals surface area (Å²) in [6.45, 7) is 0. The molecule has 1 aromatic rings. The number of amides is 2. The van der Waals surface area contributed by atoms with Crippen LogP contribution in [-0.2, 0) is 0 Å². The number of benzene rings is 1. The second-order valence-electron chi connectivity index (χ2n) is 4.67. The van der Waals surface area contributed by atoms with E-state index in [1.807, 2.05) is 6.07 Å². The van der Waals surface area contributed by atoms with Gasteiger partial charge >= 0.3 is 6.03 Å². The first-order chi connectivity index (χ1) is 8.65. The van der Waals surface area contributed by atoms with Gasteiger partial charge in [0.05, 0.1) is 5.69 Å². The maximum absolute atomic E-state index is 11.9. The predicted molar refractivity (Wildman–Crippen MR) is 77.6 cm³/mol. The van der Waals surface area contributed by atoms with Crippen LogP contribution < -0.4 is 16.4 Å². The van der Waals surface area contributed by atoms with Crippen LogP contribution in [0.15, 0.2) is 22.7 Å². The zero-order chi connectivity index (χ0) is 13.0. The standard InChI is InChI=1S/C13H18BrN3O/c14-11-7-6-9(15)8-12(11)17-13(18)16-10-4-2-1-3-5-10/h6-8,10H,1-5,15H2,(H2,16,17,18). The van der Waals surface area contributed by atoms with Gasteiger partial charge in [0.2, 0.25) is 0 Å². The fourth-order valence-electron chi connectivity index (χ4n) is 2.23. The van der Waals surface area contributed by atoms with E-state index in [0.29, 0.717) is 17.4 Å². The number of anilines is 2. The van der Waals surface area contributed by atoms with Gasteiger partial charge in [-0.2, -0.15) is 0 Å². The summed E-state index contributed by atoms with van der Waals surface area (Å²) in [4.78, 5) is 11.9. The number of hydrogen-bond acceptors (Lipinski definition) is 2. The Kier molecular flexibility index (Phi) is 4.47. The Bertz CT molecular complexity index is 430. The molecule has 4 nitrogen and oxygen atoms in total. The summed E-state index contributed by atoms with van der Waals surface area (Å²) in [5, 5.41) is 5.82. The van der Waals surface area contributed by atoms with E-state index in [-0.39, 0.29) is 6.03 Å². The monoisotopic (exact) mass is 311 g/mol. The fraction of sp³-hybridized carbons (Fsp3) is 0.462. The second kappa shape index (κ2) is 6.09. The third-order valence-electron chi connectivity index (χ3n) is 3.18. The van der Waals surface area contributed by atoms with Gasteiger partial charge in [-0.25, -0.2) is 4.79 Å². The Hall–Kier alpha value is -1.23. The number of halogens is 1. The van der Waals surface area contributed by atoms with E-state index >= 15 is 0 Å². The molecule has 0 spiro atoms. The molecule has 0 atom stereocenters. The third kappa shape index (κ3) is 3.63. The lowest BCUT2D eigenvalue weighted by molar-refractivity contribution is 0.244. The molecule has 0 heterocycles.